The summed E-state index contributed by atoms with van der Waals surface area (Å²) in [5.74, 6) is -2.00. The van der Waals surface area contributed by atoms with Gasteiger partial charge in [-0.3, -0.25) is 4.79 Å². The van der Waals surface area contributed by atoms with Crippen molar-refractivity contribution in [3.8, 4) is 11.5 Å². The SMILES string of the molecule is COc1cc(F)cc(O)c1C1CC(C(=O)O)CN1. The molecule has 0 spiro atoms. The first kappa shape index (κ1) is 12.6. The van der Waals surface area contributed by atoms with Crippen molar-refractivity contribution in [2.75, 3.05) is 13.7 Å². The Kier molecular flexibility index (Phi) is 3.38. The fourth-order valence-electron chi connectivity index (χ4n) is 2.24. The van der Waals surface area contributed by atoms with Gasteiger partial charge in [-0.15, -0.1) is 0 Å². The summed E-state index contributed by atoms with van der Waals surface area (Å²) >= 11 is 0. The monoisotopic (exact) mass is 255 g/mol. The maximum atomic E-state index is 13.1. The number of ether oxygens (including phenoxy) is 1. The van der Waals surface area contributed by atoms with Gasteiger partial charge < -0.3 is 20.3 Å². The Bertz CT molecular complexity index is 477. The first-order chi connectivity index (χ1) is 8.52. The second-order valence-corrected chi connectivity index (χ2v) is 4.27. The summed E-state index contributed by atoms with van der Waals surface area (Å²) < 4.78 is 18.2. The van der Waals surface area contributed by atoms with E-state index in [0.29, 0.717) is 18.5 Å². The lowest BCUT2D eigenvalue weighted by atomic mass is 9.98. The molecule has 0 amide bonds. The zero-order chi connectivity index (χ0) is 13.3. The van der Waals surface area contributed by atoms with Crippen LogP contribution >= 0.6 is 0 Å². The maximum absolute atomic E-state index is 13.1. The molecule has 18 heavy (non-hydrogen) atoms. The van der Waals surface area contributed by atoms with Crippen LogP contribution in [-0.4, -0.2) is 29.8 Å². The number of phenolic OH excluding ortho intramolecular Hbond substituents is 1. The summed E-state index contributed by atoms with van der Waals surface area (Å²) in [7, 11) is 1.38. The van der Waals surface area contributed by atoms with Crippen LogP contribution < -0.4 is 10.1 Å². The topological polar surface area (TPSA) is 78.8 Å². The van der Waals surface area contributed by atoms with Crippen LogP contribution in [0.1, 0.15) is 18.0 Å². The van der Waals surface area contributed by atoms with Gasteiger partial charge >= 0.3 is 5.97 Å². The highest BCUT2D eigenvalue weighted by molar-refractivity contribution is 5.71. The molecule has 1 aliphatic rings. The average molecular weight is 255 g/mol. The van der Waals surface area contributed by atoms with Gasteiger partial charge in [-0.2, -0.15) is 0 Å². The Balaban J connectivity index is 2.31. The van der Waals surface area contributed by atoms with Crippen molar-refractivity contribution >= 4 is 5.97 Å². The fraction of sp³-hybridized carbons (Fsp3) is 0.417. The van der Waals surface area contributed by atoms with E-state index < -0.39 is 17.7 Å². The van der Waals surface area contributed by atoms with Gasteiger partial charge in [-0.1, -0.05) is 0 Å². The van der Waals surface area contributed by atoms with Gasteiger partial charge in [0.05, 0.1) is 18.6 Å². The molecule has 2 rings (SSSR count). The zero-order valence-corrected chi connectivity index (χ0v) is 9.81. The number of halogens is 1. The summed E-state index contributed by atoms with van der Waals surface area (Å²) in [6.45, 7) is 0.319. The first-order valence-electron chi connectivity index (χ1n) is 5.55. The van der Waals surface area contributed by atoms with Crippen molar-refractivity contribution in [2.45, 2.75) is 12.5 Å². The number of phenols is 1. The quantitative estimate of drug-likeness (QED) is 0.758. The molecule has 0 saturated carbocycles. The number of carbonyl (C=O) groups is 1. The molecule has 3 N–H and O–H groups in total. The molecule has 0 bridgehead atoms. The van der Waals surface area contributed by atoms with E-state index >= 15 is 0 Å². The van der Waals surface area contributed by atoms with Crippen LogP contribution in [0.15, 0.2) is 12.1 Å². The first-order valence-corrected chi connectivity index (χ1v) is 5.55. The van der Waals surface area contributed by atoms with Crippen LogP contribution in [0, 0.1) is 11.7 Å². The van der Waals surface area contributed by atoms with E-state index in [2.05, 4.69) is 5.32 Å². The number of nitrogens with one attached hydrogen (secondary N) is 1. The predicted molar refractivity (Wildman–Crippen MR) is 61.1 cm³/mol. The molecule has 1 fully saturated rings. The molecule has 0 aromatic heterocycles. The van der Waals surface area contributed by atoms with E-state index in [-0.39, 0.29) is 17.5 Å². The number of rotatable bonds is 3. The average Bonchev–Trinajstić information content (AvgIpc) is 2.77. The third-order valence-electron chi connectivity index (χ3n) is 3.13. The second-order valence-electron chi connectivity index (χ2n) is 4.27. The number of hydrogen-bond acceptors (Lipinski definition) is 4. The van der Waals surface area contributed by atoms with Crippen molar-refractivity contribution in [1.29, 1.82) is 0 Å². The number of aliphatic carboxylic acids is 1. The molecule has 1 aromatic rings. The molecule has 1 aliphatic heterocycles. The second kappa shape index (κ2) is 4.81. The minimum Gasteiger partial charge on any atom is -0.507 e. The van der Waals surface area contributed by atoms with Crippen LogP contribution in [0.4, 0.5) is 4.39 Å². The van der Waals surface area contributed by atoms with Gasteiger partial charge in [0.1, 0.15) is 17.3 Å². The number of benzene rings is 1. The molecule has 2 atom stereocenters. The minimum absolute atomic E-state index is 0.219. The molecule has 5 nitrogen and oxygen atoms in total. The van der Waals surface area contributed by atoms with Gasteiger partial charge in [0.25, 0.3) is 0 Å². The Morgan fingerprint density at radius 2 is 2.28 bits per heavy atom. The standard InChI is InChI=1S/C12H14FNO4/c1-18-10-4-7(13)3-9(15)11(10)8-2-6(5-14-8)12(16)17/h3-4,6,8,14-15H,2,5H2,1H3,(H,16,17). The largest absolute Gasteiger partial charge is 0.507 e. The lowest BCUT2D eigenvalue weighted by molar-refractivity contribution is -0.141. The summed E-state index contributed by atoms with van der Waals surface area (Å²) in [6, 6.07) is 1.82. The number of aromatic hydroxyl groups is 1. The Morgan fingerprint density at radius 1 is 1.56 bits per heavy atom. The third kappa shape index (κ3) is 2.24. The number of carboxylic acid groups (broad SMARTS) is 1. The molecular weight excluding hydrogens is 241 g/mol. The van der Waals surface area contributed by atoms with Crippen molar-refractivity contribution in [1.82, 2.24) is 5.32 Å². The fourth-order valence-corrected chi connectivity index (χ4v) is 2.24. The van der Waals surface area contributed by atoms with E-state index in [0.717, 1.165) is 6.07 Å². The van der Waals surface area contributed by atoms with Crippen molar-refractivity contribution < 1.29 is 24.1 Å². The van der Waals surface area contributed by atoms with Crippen LogP contribution in [-0.2, 0) is 4.79 Å². The van der Waals surface area contributed by atoms with Crippen molar-refractivity contribution in [3.63, 3.8) is 0 Å². The maximum Gasteiger partial charge on any atom is 0.307 e. The van der Waals surface area contributed by atoms with E-state index in [4.69, 9.17) is 9.84 Å². The summed E-state index contributed by atoms with van der Waals surface area (Å²) in [5.41, 5.74) is 0.405. The zero-order valence-electron chi connectivity index (χ0n) is 9.81. The molecule has 1 aromatic carbocycles. The molecule has 2 unspecified atom stereocenters. The number of carboxylic acids is 1. The van der Waals surface area contributed by atoms with E-state index in [1.54, 1.807) is 0 Å². The van der Waals surface area contributed by atoms with E-state index in [1.165, 1.54) is 13.2 Å². The number of hydrogen-bond donors (Lipinski definition) is 3. The van der Waals surface area contributed by atoms with Gasteiger partial charge in [0.15, 0.2) is 0 Å². The molecule has 98 valence electrons. The van der Waals surface area contributed by atoms with Gasteiger partial charge in [0.2, 0.25) is 0 Å². The Morgan fingerprint density at radius 3 is 2.83 bits per heavy atom. The smallest absolute Gasteiger partial charge is 0.307 e. The molecule has 0 aliphatic carbocycles. The van der Waals surface area contributed by atoms with Crippen LogP contribution in [0.3, 0.4) is 0 Å². The van der Waals surface area contributed by atoms with Crippen LogP contribution in [0.25, 0.3) is 0 Å². The highest BCUT2D eigenvalue weighted by Crippen LogP contribution is 2.39. The van der Waals surface area contributed by atoms with Gasteiger partial charge in [0, 0.05) is 24.7 Å². The molecule has 1 saturated heterocycles. The molecule has 0 radical (unpaired) electrons. The Labute approximate surface area is 103 Å². The van der Waals surface area contributed by atoms with Gasteiger partial charge in [-0.25, -0.2) is 4.39 Å². The third-order valence-corrected chi connectivity index (χ3v) is 3.13. The lowest BCUT2D eigenvalue weighted by Crippen LogP contribution is -2.17. The predicted octanol–water partition coefficient (Wildman–Crippen LogP) is 1.28. The van der Waals surface area contributed by atoms with E-state index in [1.807, 2.05) is 0 Å². The lowest BCUT2D eigenvalue weighted by Gasteiger charge is -2.16. The van der Waals surface area contributed by atoms with Crippen molar-refractivity contribution in [3.05, 3.63) is 23.5 Å². The van der Waals surface area contributed by atoms with Crippen LogP contribution in [0.2, 0.25) is 0 Å². The van der Waals surface area contributed by atoms with Gasteiger partial charge in [-0.05, 0) is 6.42 Å². The summed E-state index contributed by atoms with van der Waals surface area (Å²) in [5, 5.41) is 21.7. The summed E-state index contributed by atoms with van der Waals surface area (Å²) in [6.07, 6.45) is 0.338. The molecule has 1 heterocycles. The minimum atomic E-state index is -0.884. The number of methoxy groups -OCH3 is 1. The molecular formula is C12H14FNO4. The molecule has 6 heteroatoms. The highest BCUT2D eigenvalue weighted by atomic mass is 19.1. The Hall–Kier alpha value is -1.82. The van der Waals surface area contributed by atoms with E-state index in [9.17, 15) is 14.3 Å². The normalized spacial score (nSPS) is 23.0. The van der Waals surface area contributed by atoms with Crippen molar-refractivity contribution in [2.24, 2.45) is 5.92 Å². The van der Waals surface area contributed by atoms with Crippen LogP contribution in [0.5, 0.6) is 11.5 Å². The highest BCUT2D eigenvalue weighted by Gasteiger charge is 2.33. The summed E-state index contributed by atoms with van der Waals surface area (Å²) in [4.78, 5) is 10.9.